The first-order valence-electron chi connectivity index (χ1n) is 11.9. The number of halogens is 1. The molecule has 1 fully saturated rings. The minimum Gasteiger partial charge on any atom is -0.484 e. The zero-order valence-corrected chi connectivity index (χ0v) is 19.3. The number of fused-ring (bicyclic) bond motifs is 2. The van der Waals surface area contributed by atoms with E-state index in [1.165, 1.54) is 6.07 Å². The lowest BCUT2D eigenvalue weighted by atomic mass is 9.97. The Morgan fingerprint density at radius 1 is 1.17 bits per heavy atom. The van der Waals surface area contributed by atoms with Gasteiger partial charge in [0.2, 0.25) is 0 Å². The van der Waals surface area contributed by atoms with E-state index in [2.05, 4.69) is 15.6 Å². The quantitative estimate of drug-likeness (QED) is 0.557. The van der Waals surface area contributed by atoms with Crippen LogP contribution in [0.3, 0.4) is 0 Å². The maximum atomic E-state index is 14.3. The van der Waals surface area contributed by atoms with E-state index in [-0.39, 0.29) is 23.8 Å². The van der Waals surface area contributed by atoms with Gasteiger partial charge in [0, 0.05) is 29.6 Å². The summed E-state index contributed by atoms with van der Waals surface area (Å²) >= 11 is 0. The van der Waals surface area contributed by atoms with E-state index in [0.717, 1.165) is 41.6 Å². The topological polar surface area (TPSA) is 83.6 Å². The minimum absolute atomic E-state index is 0.117. The van der Waals surface area contributed by atoms with Crippen LogP contribution in [-0.4, -0.2) is 23.0 Å². The number of nitrogens with one attached hydrogen (secondary N) is 2. The van der Waals surface area contributed by atoms with Crippen molar-refractivity contribution in [1.29, 1.82) is 0 Å². The molecule has 2 N–H and O–H groups in total. The summed E-state index contributed by atoms with van der Waals surface area (Å²) in [4.78, 5) is 31.3. The standard InChI is InChI=1S/C27H25FN4O3/c1-15-11-16-6-9-23(25-20(28)3-2-10-29-25)35-24(16)13-22(15)32-14-18-5-4-17(12-21(18)31-27(32)34)26(33)30-19-7-8-19/h2-5,10-13,19,23H,6-9,14H2,1H3,(H,30,33)(H,31,34). The van der Waals surface area contributed by atoms with E-state index in [1.54, 1.807) is 29.3 Å². The summed E-state index contributed by atoms with van der Waals surface area (Å²) in [6, 6.07) is 12.2. The van der Waals surface area contributed by atoms with Crippen LogP contribution in [0.15, 0.2) is 48.7 Å². The molecule has 0 bridgehead atoms. The van der Waals surface area contributed by atoms with Gasteiger partial charge in [-0.3, -0.25) is 14.7 Å². The number of ether oxygens (including phenoxy) is 1. The van der Waals surface area contributed by atoms with Crippen LogP contribution < -0.4 is 20.3 Å². The van der Waals surface area contributed by atoms with Crippen molar-refractivity contribution in [3.05, 3.63) is 82.4 Å². The van der Waals surface area contributed by atoms with Crippen LogP contribution in [0.5, 0.6) is 5.75 Å². The Labute approximate surface area is 202 Å². The number of aryl methyl sites for hydroxylation is 2. The van der Waals surface area contributed by atoms with Crippen LogP contribution in [-0.2, 0) is 13.0 Å². The summed E-state index contributed by atoms with van der Waals surface area (Å²) in [6.45, 7) is 2.33. The van der Waals surface area contributed by atoms with E-state index in [1.807, 2.05) is 25.1 Å². The molecule has 1 aromatic heterocycles. The summed E-state index contributed by atoms with van der Waals surface area (Å²) in [5.74, 6) is 0.136. The minimum atomic E-state index is -0.477. The normalized spacial score (nSPS) is 18.7. The van der Waals surface area contributed by atoms with Crippen molar-refractivity contribution in [3.63, 3.8) is 0 Å². The third-order valence-corrected chi connectivity index (χ3v) is 6.81. The molecular weight excluding hydrogens is 447 g/mol. The monoisotopic (exact) mass is 472 g/mol. The molecule has 1 atom stereocenters. The van der Waals surface area contributed by atoms with Gasteiger partial charge in [0.05, 0.1) is 12.2 Å². The van der Waals surface area contributed by atoms with Gasteiger partial charge in [-0.2, -0.15) is 0 Å². The van der Waals surface area contributed by atoms with Crippen LogP contribution in [0.25, 0.3) is 0 Å². The lowest BCUT2D eigenvalue weighted by Gasteiger charge is -2.33. The molecule has 1 aliphatic carbocycles. The Morgan fingerprint density at radius 3 is 2.83 bits per heavy atom. The molecular formula is C27H25FN4O3. The Morgan fingerprint density at radius 2 is 2.03 bits per heavy atom. The molecule has 7 nitrogen and oxygen atoms in total. The predicted octanol–water partition coefficient (Wildman–Crippen LogP) is 5.04. The van der Waals surface area contributed by atoms with Gasteiger partial charge in [-0.15, -0.1) is 0 Å². The van der Waals surface area contributed by atoms with Crippen molar-refractivity contribution in [3.8, 4) is 5.75 Å². The molecule has 8 heteroatoms. The number of pyridine rings is 1. The number of hydrogen-bond donors (Lipinski definition) is 2. The van der Waals surface area contributed by atoms with Crippen LogP contribution in [0.1, 0.15) is 58.1 Å². The predicted molar refractivity (Wildman–Crippen MR) is 129 cm³/mol. The number of aromatic nitrogens is 1. The zero-order chi connectivity index (χ0) is 24.1. The summed E-state index contributed by atoms with van der Waals surface area (Å²) in [7, 11) is 0. The summed E-state index contributed by atoms with van der Waals surface area (Å²) in [5, 5.41) is 5.90. The maximum Gasteiger partial charge on any atom is 0.326 e. The van der Waals surface area contributed by atoms with Crippen molar-refractivity contribution in [2.75, 3.05) is 10.2 Å². The fourth-order valence-electron chi connectivity index (χ4n) is 4.75. The molecule has 1 saturated carbocycles. The second kappa shape index (κ2) is 8.37. The Balaban J connectivity index is 1.26. The number of rotatable bonds is 4. The van der Waals surface area contributed by atoms with Crippen LogP contribution >= 0.6 is 0 Å². The number of anilines is 2. The molecule has 35 heavy (non-hydrogen) atoms. The Hall–Kier alpha value is -3.94. The first-order chi connectivity index (χ1) is 17.0. The summed E-state index contributed by atoms with van der Waals surface area (Å²) in [5.41, 5.74) is 5.11. The molecule has 2 aromatic carbocycles. The Bertz CT molecular complexity index is 1350. The van der Waals surface area contributed by atoms with Crippen molar-refractivity contribution in [2.45, 2.75) is 51.3 Å². The number of urea groups is 1. The first kappa shape index (κ1) is 21.6. The van der Waals surface area contributed by atoms with Gasteiger partial charge in [0.25, 0.3) is 5.91 Å². The van der Waals surface area contributed by atoms with Crippen molar-refractivity contribution in [2.24, 2.45) is 0 Å². The molecule has 3 aliphatic rings. The lowest BCUT2D eigenvalue weighted by molar-refractivity contribution is 0.0951. The van der Waals surface area contributed by atoms with Gasteiger partial charge >= 0.3 is 6.03 Å². The highest BCUT2D eigenvalue weighted by Gasteiger charge is 2.30. The maximum absolute atomic E-state index is 14.3. The molecule has 0 spiro atoms. The number of benzene rings is 2. The number of carbonyl (C=O) groups excluding carboxylic acids is 2. The molecule has 6 rings (SSSR count). The summed E-state index contributed by atoms with van der Waals surface area (Å²) < 4.78 is 20.5. The second-order valence-corrected chi connectivity index (χ2v) is 9.40. The smallest absolute Gasteiger partial charge is 0.326 e. The van der Waals surface area contributed by atoms with E-state index >= 15 is 0 Å². The molecule has 3 aromatic rings. The average molecular weight is 473 g/mol. The fourth-order valence-corrected chi connectivity index (χ4v) is 4.75. The molecule has 0 radical (unpaired) electrons. The third kappa shape index (κ3) is 4.09. The van der Waals surface area contributed by atoms with Crippen molar-refractivity contribution < 1.29 is 18.7 Å². The van der Waals surface area contributed by atoms with E-state index < -0.39 is 6.10 Å². The van der Waals surface area contributed by atoms with Gasteiger partial charge in [-0.25, -0.2) is 9.18 Å². The van der Waals surface area contributed by atoms with Crippen molar-refractivity contribution in [1.82, 2.24) is 10.3 Å². The van der Waals surface area contributed by atoms with E-state index in [4.69, 9.17) is 4.74 Å². The molecule has 178 valence electrons. The first-order valence-corrected chi connectivity index (χ1v) is 11.9. The average Bonchev–Trinajstić information content (AvgIpc) is 3.67. The second-order valence-electron chi connectivity index (χ2n) is 9.40. The molecule has 1 unspecified atom stereocenters. The van der Waals surface area contributed by atoms with Gasteiger partial charge in [0.1, 0.15) is 23.4 Å². The van der Waals surface area contributed by atoms with Gasteiger partial charge < -0.3 is 15.4 Å². The SMILES string of the molecule is Cc1cc2c(cc1N1Cc3ccc(C(=O)NC4CC4)cc3NC1=O)OC(c1ncccc1F)CC2. The molecule has 3 amide bonds. The summed E-state index contributed by atoms with van der Waals surface area (Å²) in [6.07, 6.45) is 4.49. The fraction of sp³-hybridized carbons (Fsp3) is 0.296. The number of amides is 3. The van der Waals surface area contributed by atoms with Gasteiger partial charge in [-0.1, -0.05) is 12.1 Å². The zero-order valence-electron chi connectivity index (χ0n) is 19.3. The Kier molecular flexibility index (Phi) is 5.16. The number of carbonyl (C=O) groups is 2. The van der Waals surface area contributed by atoms with Gasteiger partial charge in [0.15, 0.2) is 0 Å². The van der Waals surface area contributed by atoms with Gasteiger partial charge in [-0.05, 0) is 73.6 Å². The van der Waals surface area contributed by atoms with E-state index in [9.17, 15) is 14.0 Å². The van der Waals surface area contributed by atoms with Crippen molar-refractivity contribution >= 4 is 23.3 Å². The highest BCUT2D eigenvalue weighted by molar-refractivity contribution is 6.06. The van der Waals surface area contributed by atoms with E-state index in [0.29, 0.717) is 35.7 Å². The molecule has 3 heterocycles. The lowest BCUT2D eigenvalue weighted by Crippen LogP contribution is -2.39. The number of hydrogen-bond acceptors (Lipinski definition) is 4. The number of nitrogens with zero attached hydrogens (tertiary/aromatic N) is 2. The largest absolute Gasteiger partial charge is 0.484 e. The van der Waals surface area contributed by atoms with Crippen LogP contribution in [0.2, 0.25) is 0 Å². The van der Waals surface area contributed by atoms with Crippen LogP contribution in [0.4, 0.5) is 20.6 Å². The third-order valence-electron chi connectivity index (χ3n) is 6.81. The highest BCUT2D eigenvalue weighted by atomic mass is 19.1. The molecule has 0 saturated heterocycles. The molecule has 2 aliphatic heterocycles. The van der Waals surface area contributed by atoms with Crippen LogP contribution in [0, 0.1) is 12.7 Å². The highest BCUT2D eigenvalue weighted by Crippen LogP contribution is 2.40.